The fraction of sp³-hybridized carbons (Fsp3) is 0.714. The molecule has 0 aliphatic heterocycles. The third kappa shape index (κ3) is 6.68. The van der Waals surface area contributed by atoms with Crippen LogP contribution in [0.25, 0.3) is 0 Å². The van der Waals surface area contributed by atoms with Gasteiger partial charge in [-0.3, -0.25) is 0 Å². The molecule has 0 aliphatic rings. The summed E-state index contributed by atoms with van der Waals surface area (Å²) in [6, 6.07) is 1.83. The highest BCUT2D eigenvalue weighted by molar-refractivity contribution is 5.38. The van der Waals surface area contributed by atoms with Crippen molar-refractivity contribution in [2.24, 2.45) is 0 Å². The molecule has 20 heavy (non-hydrogen) atoms. The average molecular weight is 282 g/mol. The highest BCUT2D eigenvalue weighted by atomic mass is 16.5. The van der Waals surface area contributed by atoms with E-state index in [1.54, 1.807) is 0 Å². The number of rotatable bonds is 10. The molecule has 0 spiro atoms. The lowest BCUT2D eigenvalue weighted by Gasteiger charge is -2.12. The van der Waals surface area contributed by atoms with Crippen molar-refractivity contribution >= 4 is 5.82 Å². The van der Waals surface area contributed by atoms with Crippen LogP contribution in [0.1, 0.15) is 26.1 Å². The van der Waals surface area contributed by atoms with E-state index in [1.165, 1.54) is 0 Å². The maximum absolute atomic E-state index is 5.69. The molecule has 0 unspecified atom stereocenters. The van der Waals surface area contributed by atoms with E-state index < -0.39 is 0 Å². The highest BCUT2D eigenvalue weighted by Crippen LogP contribution is 2.14. The Bertz CT molecular complexity index is 385. The van der Waals surface area contributed by atoms with Gasteiger partial charge in [-0.15, -0.1) is 0 Å². The van der Waals surface area contributed by atoms with Crippen LogP contribution in [-0.2, 0) is 11.3 Å². The second-order valence-corrected chi connectivity index (χ2v) is 4.68. The largest absolute Gasteiger partial charge is 0.477 e. The predicted molar refractivity (Wildman–Crippen MR) is 80.2 cm³/mol. The Kier molecular flexibility index (Phi) is 7.91. The van der Waals surface area contributed by atoms with Crippen molar-refractivity contribution in [2.45, 2.75) is 26.9 Å². The molecule has 0 radical (unpaired) electrons. The number of hydrogen-bond acceptors (Lipinski definition) is 6. The Balaban J connectivity index is 2.60. The van der Waals surface area contributed by atoms with Crippen LogP contribution in [0.15, 0.2) is 6.07 Å². The highest BCUT2D eigenvalue weighted by Gasteiger charge is 2.05. The number of hydrogen-bond donors (Lipinski definition) is 1. The molecule has 6 heteroatoms. The minimum absolute atomic E-state index is 0.407. The molecule has 0 atom stereocenters. The number of nitrogens with zero attached hydrogens (tertiary/aromatic N) is 3. The third-order valence-corrected chi connectivity index (χ3v) is 2.54. The second kappa shape index (κ2) is 9.50. The molecule has 1 rings (SSSR count). The van der Waals surface area contributed by atoms with E-state index in [0.717, 1.165) is 25.3 Å². The Labute approximate surface area is 121 Å². The topological polar surface area (TPSA) is 59.5 Å². The van der Waals surface area contributed by atoms with E-state index in [4.69, 9.17) is 9.47 Å². The Hall–Kier alpha value is -1.40. The minimum atomic E-state index is 0.407. The van der Waals surface area contributed by atoms with Crippen molar-refractivity contribution in [1.82, 2.24) is 14.9 Å². The maximum atomic E-state index is 5.69. The molecule has 114 valence electrons. The molecule has 0 saturated heterocycles. The lowest BCUT2D eigenvalue weighted by atomic mass is 10.4. The first kappa shape index (κ1) is 16.7. The van der Waals surface area contributed by atoms with Crippen LogP contribution in [0.5, 0.6) is 5.88 Å². The molecular formula is C14H26N4O2. The van der Waals surface area contributed by atoms with Crippen LogP contribution in [-0.4, -0.2) is 55.3 Å². The molecule has 0 saturated carbocycles. The molecule has 0 aliphatic carbocycles. The normalized spacial score (nSPS) is 10.8. The van der Waals surface area contributed by atoms with Gasteiger partial charge in [-0.1, -0.05) is 0 Å². The fourth-order valence-electron chi connectivity index (χ4n) is 1.63. The zero-order valence-electron chi connectivity index (χ0n) is 13.0. The molecule has 1 N–H and O–H groups in total. The summed E-state index contributed by atoms with van der Waals surface area (Å²) < 4.78 is 11.0. The summed E-state index contributed by atoms with van der Waals surface area (Å²) in [5, 5.41) is 3.18. The summed E-state index contributed by atoms with van der Waals surface area (Å²) in [6.07, 6.45) is 0.967. The lowest BCUT2D eigenvalue weighted by molar-refractivity contribution is 0.127. The van der Waals surface area contributed by atoms with Gasteiger partial charge in [0.15, 0.2) is 5.82 Å². The minimum Gasteiger partial charge on any atom is -0.477 e. The van der Waals surface area contributed by atoms with Gasteiger partial charge < -0.3 is 19.7 Å². The first-order valence-electron chi connectivity index (χ1n) is 7.12. The maximum Gasteiger partial charge on any atom is 0.218 e. The summed E-state index contributed by atoms with van der Waals surface area (Å²) >= 11 is 0. The zero-order chi connectivity index (χ0) is 14.8. The summed E-state index contributed by atoms with van der Waals surface area (Å²) in [5.41, 5.74) is 0. The molecule has 0 fully saturated rings. The smallest absolute Gasteiger partial charge is 0.218 e. The molecule has 1 aromatic rings. The standard InChI is InChI=1S/C14H26N4O2/c1-5-15-12-10-14(20-9-7-8-18(3)4)17-13(16-12)11-19-6-2/h10H,5-9,11H2,1-4H3,(H,15,16,17). The number of aromatic nitrogens is 2. The van der Waals surface area contributed by atoms with E-state index in [1.807, 2.05) is 34.0 Å². The van der Waals surface area contributed by atoms with Crippen molar-refractivity contribution in [3.8, 4) is 5.88 Å². The van der Waals surface area contributed by atoms with Gasteiger partial charge in [0.2, 0.25) is 5.88 Å². The molecule has 0 amide bonds. The van der Waals surface area contributed by atoms with Crippen LogP contribution in [0.3, 0.4) is 0 Å². The number of ether oxygens (including phenoxy) is 2. The van der Waals surface area contributed by atoms with Crippen LogP contribution in [0.4, 0.5) is 5.82 Å². The third-order valence-electron chi connectivity index (χ3n) is 2.54. The predicted octanol–water partition coefficient (Wildman–Crippen LogP) is 1.78. The van der Waals surface area contributed by atoms with Gasteiger partial charge in [0.1, 0.15) is 12.4 Å². The quantitative estimate of drug-likeness (QED) is 0.660. The Morgan fingerprint density at radius 2 is 2.05 bits per heavy atom. The van der Waals surface area contributed by atoms with Crippen LogP contribution in [0, 0.1) is 0 Å². The van der Waals surface area contributed by atoms with Crippen molar-refractivity contribution in [3.05, 3.63) is 11.9 Å². The molecule has 0 aromatic carbocycles. The fourth-order valence-corrected chi connectivity index (χ4v) is 1.63. The van der Waals surface area contributed by atoms with E-state index in [9.17, 15) is 0 Å². The SMILES string of the molecule is CCNc1cc(OCCCN(C)C)nc(COCC)n1. The first-order chi connectivity index (χ1) is 9.65. The summed E-state index contributed by atoms with van der Waals surface area (Å²) in [5.74, 6) is 2.03. The molecular weight excluding hydrogens is 256 g/mol. The second-order valence-electron chi connectivity index (χ2n) is 4.68. The van der Waals surface area contributed by atoms with Gasteiger partial charge in [0.25, 0.3) is 0 Å². The average Bonchev–Trinajstić information content (AvgIpc) is 2.41. The van der Waals surface area contributed by atoms with Gasteiger partial charge in [-0.25, -0.2) is 4.98 Å². The van der Waals surface area contributed by atoms with Crippen molar-refractivity contribution in [3.63, 3.8) is 0 Å². The van der Waals surface area contributed by atoms with Gasteiger partial charge in [-0.05, 0) is 34.4 Å². The van der Waals surface area contributed by atoms with Gasteiger partial charge >= 0.3 is 0 Å². The van der Waals surface area contributed by atoms with Crippen LogP contribution >= 0.6 is 0 Å². The van der Waals surface area contributed by atoms with E-state index in [-0.39, 0.29) is 0 Å². The Morgan fingerprint density at radius 1 is 1.25 bits per heavy atom. The van der Waals surface area contributed by atoms with Crippen molar-refractivity contribution in [1.29, 1.82) is 0 Å². The van der Waals surface area contributed by atoms with Crippen LogP contribution in [0.2, 0.25) is 0 Å². The summed E-state index contributed by atoms with van der Waals surface area (Å²) in [6.45, 7) is 7.49. The summed E-state index contributed by atoms with van der Waals surface area (Å²) in [7, 11) is 4.10. The van der Waals surface area contributed by atoms with E-state index >= 15 is 0 Å². The number of nitrogens with one attached hydrogen (secondary N) is 1. The van der Waals surface area contributed by atoms with E-state index in [2.05, 4.69) is 20.2 Å². The zero-order valence-corrected chi connectivity index (χ0v) is 13.0. The van der Waals surface area contributed by atoms with Crippen molar-refractivity contribution in [2.75, 3.05) is 45.7 Å². The monoisotopic (exact) mass is 282 g/mol. The number of anilines is 1. The van der Waals surface area contributed by atoms with Crippen LogP contribution < -0.4 is 10.1 Å². The van der Waals surface area contributed by atoms with Gasteiger partial charge in [-0.2, -0.15) is 4.98 Å². The molecule has 6 nitrogen and oxygen atoms in total. The Morgan fingerprint density at radius 3 is 2.70 bits per heavy atom. The van der Waals surface area contributed by atoms with Crippen molar-refractivity contribution < 1.29 is 9.47 Å². The van der Waals surface area contributed by atoms with Gasteiger partial charge in [0.05, 0.1) is 6.61 Å². The lowest BCUT2D eigenvalue weighted by Crippen LogP contribution is -2.16. The molecule has 1 heterocycles. The summed E-state index contributed by atoms with van der Waals surface area (Å²) in [4.78, 5) is 10.9. The molecule has 0 bridgehead atoms. The van der Waals surface area contributed by atoms with E-state index in [0.29, 0.717) is 31.5 Å². The van der Waals surface area contributed by atoms with Gasteiger partial charge in [0, 0.05) is 25.8 Å². The molecule has 1 aromatic heterocycles. The first-order valence-corrected chi connectivity index (χ1v) is 7.12.